The van der Waals surface area contributed by atoms with Gasteiger partial charge in [0.05, 0.1) is 5.56 Å². The first kappa shape index (κ1) is 15.9. The first-order chi connectivity index (χ1) is 12.1. The van der Waals surface area contributed by atoms with E-state index in [9.17, 15) is 4.79 Å². The molecule has 8 nitrogen and oxygen atoms in total. The Morgan fingerprint density at radius 2 is 1.96 bits per heavy atom. The van der Waals surface area contributed by atoms with Gasteiger partial charge in [-0.25, -0.2) is 4.98 Å². The van der Waals surface area contributed by atoms with Gasteiger partial charge in [-0.15, -0.1) is 0 Å². The SMILES string of the molecule is Cc1cc(N2CCN(C(=O)c3cncc(Br)c3)CC2)n2ncnc2n1. The summed E-state index contributed by atoms with van der Waals surface area (Å²) >= 11 is 3.36. The fourth-order valence-corrected chi connectivity index (χ4v) is 3.35. The highest BCUT2D eigenvalue weighted by Crippen LogP contribution is 2.19. The van der Waals surface area contributed by atoms with E-state index in [2.05, 4.69) is 40.9 Å². The highest BCUT2D eigenvalue weighted by atomic mass is 79.9. The normalized spacial score (nSPS) is 15.0. The van der Waals surface area contributed by atoms with Crippen molar-refractivity contribution in [1.82, 2.24) is 29.5 Å². The van der Waals surface area contributed by atoms with Crippen LogP contribution >= 0.6 is 15.9 Å². The lowest BCUT2D eigenvalue weighted by molar-refractivity contribution is 0.0746. The van der Waals surface area contributed by atoms with Crippen molar-refractivity contribution >= 4 is 33.4 Å². The molecule has 3 aromatic rings. The molecule has 1 fully saturated rings. The number of carbonyl (C=O) groups excluding carboxylic acids is 1. The van der Waals surface area contributed by atoms with E-state index in [1.54, 1.807) is 23.0 Å². The zero-order valence-electron chi connectivity index (χ0n) is 13.6. The molecule has 1 amide bonds. The van der Waals surface area contributed by atoms with Crippen molar-refractivity contribution in [2.75, 3.05) is 31.1 Å². The minimum absolute atomic E-state index is 0.00487. The second-order valence-electron chi connectivity index (χ2n) is 5.90. The number of hydrogen-bond acceptors (Lipinski definition) is 6. The Morgan fingerprint density at radius 1 is 1.16 bits per heavy atom. The second kappa shape index (κ2) is 6.40. The van der Waals surface area contributed by atoms with Gasteiger partial charge in [0.25, 0.3) is 11.7 Å². The number of halogens is 1. The van der Waals surface area contributed by atoms with Gasteiger partial charge in [-0.2, -0.15) is 14.6 Å². The highest BCUT2D eigenvalue weighted by Gasteiger charge is 2.24. The van der Waals surface area contributed by atoms with Crippen LogP contribution in [0, 0.1) is 6.92 Å². The van der Waals surface area contributed by atoms with Crippen molar-refractivity contribution < 1.29 is 4.79 Å². The third-order valence-electron chi connectivity index (χ3n) is 4.20. The number of aromatic nitrogens is 5. The number of carbonyl (C=O) groups is 1. The van der Waals surface area contributed by atoms with Crippen LogP contribution in [-0.2, 0) is 0 Å². The van der Waals surface area contributed by atoms with E-state index in [0.717, 1.165) is 29.1 Å². The molecule has 0 bridgehead atoms. The molecule has 1 aliphatic heterocycles. The Bertz CT molecular complexity index is 933. The lowest BCUT2D eigenvalue weighted by atomic mass is 10.2. The summed E-state index contributed by atoms with van der Waals surface area (Å²) in [6, 6.07) is 3.80. The van der Waals surface area contributed by atoms with E-state index >= 15 is 0 Å². The van der Waals surface area contributed by atoms with Crippen molar-refractivity contribution in [3.05, 3.63) is 46.6 Å². The summed E-state index contributed by atoms with van der Waals surface area (Å²) in [6.45, 7) is 4.68. The molecular formula is C16H16BrN7O. The van der Waals surface area contributed by atoms with Gasteiger partial charge in [-0.3, -0.25) is 9.78 Å². The number of nitrogens with zero attached hydrogens (tertiary/aromatic N) is 7. The van der Waals surface area contributed by atoms with Crippen molar-refractivity contribution in [2.45, 2.75) is 6.92 Å². The number of piperazine rings is 1. The van der Waals surface area contributed by atoms with Gasteiger partial charge in [-0.1, -0.05) is 0 Å². The molecule has 1 aliphatic rings. The number of aryl methyl sites for hydroxylation is 1. The predicted octanol–water partition coefficient (Wildman–Crippen LogP) is 1.55. The smallest absolute Gasteiger partial charge is 0.255 e. The van der Waals surface area contributed by atoms with Crippen LogP contribution in [0.1, 0.15) is 16.1 Å². The summed E-state index contributed by atoms with van der Waals surface area (Å²) < 4.78 is 2.54. The number of fused-ring (bicyclic) bond motifs is 1. The fourth-order valence-electron chi connectivity index (χ4n) is 2.99. The van der Waals surface area contributed by atoms with Gasteiger partial charge in [0, 0.05) is 54.8 Å². The summed E-state index contributed by atoms with van der Waals surface area (Å²) in [5.74, 6) is 1.55. The van der Waals surface area contributed by atoms with Crippen molar-refractivity contribution in [2.24, 2.45) is 0 Å². The van der Waals surface area contributed by atoms with Gasteiger partial charge in [0.1, 0.15) is 12.1 Å². The molecule has 128 valence electrons. The zero-order chi connectivity index (χ0) is 17.4. The number of hydrogen-bond donors (Lipinski definition) is 0. The van der Waals surface area contributed by atoms with Crippen molar-refractivity contribution in [3.8, 4) is 0 Å². The van der Waals surface area contributed by atoms with Crippen LogP contribution in [0.2, 0.25) is 0 Å². The van der Waals surface area contributed by atoms with Crippen molar-refractivity contribution in [3.63, 3.8) is 0 Å². The maximum atomic E-state index is 12.6. The maximum absolute atomic E-state index is 12.6. The Hall–Kier alpha value is -2.55. The maximum Gasteiger partial charge on any atom is 0.255 e. The summed E-state index contributed by atoms with van der Waals surface area (Å²) in [7, 11) is 0. The molecule has 4 rings (SSSR count). The molecule has 0 N–H and O–H groups in total. The van der Waals surface area contributed by atoms with E-state index in [1.807, 2.05) is 17.9 Å². The molecule has 0 radical (unpaired) electrons. The van der Waals surface area contributed by atoms with Crippen LogP contribution in [-0.4, -0.2) is 61.6 Å². The first-order valence-corrected chi connectivity index (χ1v) is 8.73. The van der Waals surface area contributed by atoms with Crippen LogP contribution in [0.5, 0.6) is 0 Å². The summed E-state index contributed by atoms with van der Waals surface area (Å²) in [6.07, 6.45) is 4.78. The van der Waals surface area contributed by atoms with E-state index in [0.29, 0.717) is 24.4 Å². The molecule has 25 heavy (non-hydrogen) atoms. The largest absolute Gasteiger partial charge is 0.353 e. The molecule has 0 saturated carbocycles. The van der Waals surface area contributed by atoms with Crippen LogP contribution < -0.4 is 4.90 Å². The number of anilines is 1. The Balaban J connectivity index is 1.51. The molecule has 9 heteroatoms. The minimum atomic E-state index is 0.00487. The molecular weight excluding hydrogens is 386 g/mol. The van der Waals surface area contributed by atoms with Crippen LogP contribution in [0.15, 0.2) is 35.3 Å². The summed E-state index contributed by atoms with van der Waals surface area (Å²) in [5, 5.41) is 4.25. The Labute approximate surface area is 152 Å². The standard InChI is InChI=1S/C16H16BrN7O/c1-11-6-14(24-16(21-11)19-10-20-24)22-2-4-23(5-3-22)15(25)12-7-13(17)9-18-8-12/h6-10H,2-5H2,1H3. The van der Waals surface area contributed by atoms with Gasteiger partial charge in [-0.05, 0) is 28.9 Å². The zero-order valence-corrected chi connectivity index (χ0v) is 15.2. The molecule has 0 spiro atoms. The highest BCUT2D eigenvalue weighted by molar-refractivity contribution is 9.10. The average Bonchev–Trinajstić information content (AvgIpc) is 3.09. The van der Waals surface area contributed by atoms with E-state index in [-0.39, 0.29) is 5.91 Å². The second-order valence-corrected chi connectivity index (χ2v) is 6.81. The van der Waals surface area contributed by atoms with Crippen LogP contribution in [0.3, 0.4) is 0 Å². The fraction of sp³-hybridized carbons (Fsp3) is 0.312. The average molecular weight is 402 g/mol. The number of rotatable bonds is 2. The quantitative estimate of drug-likeness (QED) is 0.647. The molecule has 0 atom stereocenters. The minimum Gasteiger partial charge on any atom is -0.353 e. The van der Waals surface area contributed by atoms with Crippen LogP contribution in [0.4, 0.5) is 5.82 Å². The first-order valence-electron chi connectivity index (χ1n) is 7.94. The monoisotopic (exact) mass is 401 g/mol. The van der Waals surface area contributed by atoms with Gasteiger partial charge >= 0.3 is 0 Å². The molecule has 0 unspecified atom stereocenters. The number of amides is 1. The Morgan fingerprint density at radius 3 is 2.72 bits per heavy atom. The molecule has 4 heterocycles. The third-order valence-corrected chi connectivity index (χ3v) is 4.64. The predicted molar refractivity (Wildman–Crippen MR) is 95.6 cm³/mol. The summed E-state index contributed by atoms with van der Waals surface area (Å²) in [4.78, 5) is 29.3. The van der Waals surface area contributed by atoms with E-state index < -0.39 is 0 Å². The molecule has 0 aromatic carbocycles. The third kappa shape index (κ3) is 3.07. The van der Waals surface area contributed by atoms with Gasteiger partial charge < -0.3 is 9.80 Å². The van der Waals surface area contributed by atoms with Gasteiger partial charge in [0.2, 0.25) is 0 Å². The van der Waals surface area contributed by atoms with E-state index in [4.69, 9.17) is 0 Å². The number of pyridine rings is 1. The van der Waals surface area contributed by atoms with Crippen molar-refractivity contribution in [1.29, 1.82) is 0 Å². The van der Waals surface area contributed by atoms with Crippen LogP contribution in [0.25, 0.3) is 5.78 Å². The summed E-state index contributed by atoms with van der Waals surface area (Å²) in [5.41, 5.74) is 1.50. The Kier molecular flexibility index (Phi) is 4.08. The molecule has 0 aliphatic carbocycles. The molecule has 3 aromatic heterocycles. The van der Waals surface area contributed by atoms with Gasteiger partial charge in [0.15, 0.2) is 0 Å². The van der Waals surface area contributed by atoms with E-state index in [1.165, 1.54) is 6.33 Å². The lowest BCUT2D eigenvalue weighted by Crippen LogP contribution is -2.49. The topological polar surface area (TPSA) is 79.5 Å². The lowest BCUT2D eigenvalue weighted by Gasteiger charge is -2.36. The molecule has 1 saturated heterocycles.